The highest BCUT2D eigenvalue weighted by Gasteiger charge is 2.09. The van der Waals surface area contributed by atoms with Crippen molar-refractivity contribution >= 4 is 44.6 Å². The summed E-state index contributed by atoms with van der Waals surface area (Å²) in [4.78, 5) is 0. The van der Waals surface area contributed by atoms with Crippen LogP contribution in [-0.2, 0) is 0 Å². The third kappa shape index (κ3) is 2.73. The predicted octanol–water partition coefficient (Wildman–Crippen LogP) is 4.71. The number of hydrogen-bond acceptors (Lipinski definition) is 2. The number of halogens is 4. The Hall–Kier alpha value is -1.33. The first-order chi connectivity index (χ1) is 8.47. The molecule has 0 aliphatic rings. The van der Waals surface area contributed by atoms with Crippen LogP contribution >= 0.6 is 27.5 Å². The Labute approximate surface area is 116 Å². The van der Waals surface area contributed by atoms with E-state index < -0.39 is 11.6 Å². The minimum absolute atomic E-state index is 0.0761. The standard InChI is InChI=1S/C12H8BrClF2N2/c13-6-1-2-8(15)11(3-6)18-12-5-9(16)7(14)4-10(12)17/h1-5,18H,17H2. The maximum Gasteiger partial charge on any atom is 0.146 e. The van der Waals surface area contributed by atoms with Crippen LogP contribution in [0.1, 0.15) is 0 Å². The Morgan fingerprint density at radius 2 is 1.78 bits per heavy atom. The van der Waals surface area contributed by atoms with Gasteiger partial charge in [0.05, 0.1) is 22.1 Å². The summed E-state index contributed by atoms with van der Waals surface area (Å²) in [6.07, 6.45) is 0. The molecule has 0 radical (unpaired) electrons. The average molecular weight is 334 g/mol. The molecule has 2 rings (SSSR count). The lowest BCUT2D eigenvalue weighted by atomic mass is 10.2. The van der Waals surface area contributed by atoms with Gasteiger partial charge in [-0.2, -0.15) is 0 Å². The molecule has 2 aromatic rings. The van der Waals surface area contributed by atoms with Gasteiger partial charge in [-0.3, -0.25) is 0 Å². The van der Waals surface area contributed by atoms with Gasteiger partial charge >= 0.3 is 0 Å². The molecule has 0 atom stereocenters. The molecule has 0 aromatic heterocycles. The minimum Gasteiger partial charge on any atom is -0.397 e. The Balaban J connectivity index is 2.40. The molecule has 0 fully saturated rings. The molecule has 0 bridgehead atoms. The van der Waals surface area contributed by atoms with E-state index in [-0.39, 0.29) is 22.1 Å². The van der Waals surface area contributed by atoms with Crippen molar-refractivity contribution in [1.29, 1.82) is 0 Å². The third-order valence-corrected chi connectivity index (χ3v) is 3.07. The van der Waals surface area contributed by atoms with E-state index in [1.54, 1.807) is 6.07 Å². The molecule has 6 heteroatoms. The fourth-order valence-electron chi connectivity index (χ4n) is 1.41. The van der Waals surface area contributed by atoms with E-state index in [0.717, 1.165) is 6.07 Å². The zero-order valence-corrected chi connectivity index (χ0v) is 11.3. The van der Waals surface area contributed by atoms with Crippen molar-refractivity contribution in [3.05, 3.63) is 51.5 Å². The molecular formula is C12H8BrClF2N2. The number of nitrogens with one attached hydrogen (secondary N) is 1. The van der Waals surface area contributed by atoms with Gasteiger partial charge in [-0.1, -0.05) is 27.5 Å². The second-order valence-corrected chi connectivity index (χ2v) is 4.93. The molecule has 0 heterocycles. The van der Waals surface area contributed by atoms with Crippen molar-refractivity contribution in [2.45, 2.75) is 0 Å². The molecule has 0 spiro atoms. The van der Waals surface area contributed by atoms with Gasteiger partial charge in [-0.05, 0) is 24.3 Å². The van der Waals surface area contributed by atoms with E-state index in [1.807, 2.05) is 0 Å². The Morgan fingerprint density at radius 1 is 1.06 bits per heavy atom. The molecule has 2 aromatic carbocycles. The van der Waals surface area contributed by atoms with Crippen molar-refractivity contribution in [3.8, 4) is 0 Å². The average Bonchev–Trinajstić information content (AvgIpc) is 2.30. The lowest BCUT2D eigenvalue weighted by Gasteiger charge is -2.11. The maximum atomic E-state index is 13.5. The summed E-state index contributed by atoms with van der Waals surface area (Å²) < 4.78 is 27.5. The van der Waals surface area contributed by atoms with Crippen LogP contribution in [0.5, 0.6) is 0 Å². The van der Waals surface area contributed by atoms with Crippen LogP contribution in [-0.4, -0.2) is 0 Å². The number of nitrogen functional groups attached to an aromatic ring is 1. The zero-order valence-electron chi connectivity index (χ0n) is 8.98. The van der Waals surface area contributed by atoms with Gasteiger partial charge in [-0.25, -0.2) is 8.78 Å². The minimum atomic E-state index is -0.622. The summed E-state index contributed by atoms with van der Waals surface area (Å²) >= 11 is 8.80. The van der Waals surface area contributed by atoms with Crippen LogP contribution < -0.4 is 11.1 Å². The molecule has 0 saturated carbocycles. The van der Waals surface area contributed by atoms with Gasteiger partial charge < -0.3 is 11.1 Å². The van der Waals surface area contributed by atoms with E-state index in [9.17, 15) is 8.78 Å². The Morgan fingerprint density at radius 3 is 2.50 bits per heavy atom. The Bertz CT molecular complexity index is 605. The highest BCUT2D eigenvalue weighted by Crippen LogP contribution is 2.30. The highest BCUT2D eigenvalue weighted by molar-refractivity contribution is 9.10. The second-order valence-electron chi connectivity index (χ2n) is 3.60. The van der Waals surface area contributed by atoms with E-state index in [0.29, 0.717) is 4.47 Å². The van der Waals surface area contributed by atoms with Crippen LogP contribution in [0.15, 0.2) is 34.8 Å². The van der Waals surface area contributed by atoms with E-state index in [2.05, 4.69) is 21.2 Å². The third-order valence-electron chi connectivity index (χ3n) is 2.29. The zero-order chi connectivity index (χ0) is 13.3. The molecule has 0 aliphatic heterocycles. The van der Waals surface area contributed by atoms with Gasteiger partial charge in [0, 0.05) is 10.5 Å². The molecule has 2 nitrogen and oxygen atoms in total. The van der Waals surface area contributed by atoms with E-state index >= 15 is 0 Å². The van der Waals surface area contributed by atoms with Gasteiger partial charge in [0.2, 0.25) is 0 Å². The Kier molecular flexibility index (Phi) is 3.73. The van der Waals surface area contributed by atoms with Crippen molar-refractivity contribution in [2.75, 3.05) is 11.1 Å². The predicted molar refractivity (Wildman–Crippen MR) is 73.2 cm³/mol. The summed E-state index contributed by atoms with van der Waals surface area (Å²) in [7, 11) is 0. The molecule has 0 amide bonds. The number of hydrogen-bond donors (Lipinski definition) is 2. The van der Waals surface area contributed by atoms with Crippen molar-refractivity contribution in [3.63, 3.8) is 0 Å². The first-order valence-electron chi connectivity index (χ1n) is 4.94. The van der Waals surface area contributed by atoms with Crippen LogP contribution in [0.4, 0.5) is 25.8 Å². The van der Waals surface area contributed by atoms with Gasteiger partial charge in [0.1, 0.15) is 11.6 Å². The lowest BCUT2D eigenvalue weighted by molar-refractivity contribution is 0.627. The maximum absolute atomic E-state index is 13.5. The quantitative estimate of drug-likeness (QED) is 0.781. The molecule has 18 heavy (non-hydrogen) atoms. The van der Waals surface area contributed by atoms with Crippen LogP contribution in [0, 0.1) is 11.6 Å². The van der Waals surface area contributed by atoms with Crippen molar-refractivity contribution < 1.29 is 8.78 Å². The van der Waals surface area contributed by atoms with E-state index in [1.165, 1.54) is 18.2 Å². The van der Waals surface area contributed by atoms with Gasteiger partial charge in [-0.15, -0.1) is 0 Å². The largest absolute Gasteiger partial charge is 0.397 e. The summed E-state index contributed by atoms with van der Waals surface area (Å²) in [6.45, 7) is 0. The van der Waals surface area contributed by atoms with Crippen molar-refractivity contribution in [2.24, 2.45) is 0 Å². The molecule has 3 N–H and O–H groups in total. The topological polar surface area (TPSA) is 38.0 Å². The van der Waals surface area contributed by atoms with E-state index in [4.69, 9.17) is 17.3 Å². The number of nitrogens with two attached hydrogens (primary N) is 1. The smallest absolute Gasteiger partial charge is 0.146 e. The van der Waals surface area contributed by atoms with Crippen molar-refractivity contribution in [1.82, 2.24) is 0 Å². The fourth-order valence-corrected chi connectivity index (χ4v) is 1.94. The number of rotatable bonds is 2. The molecule has 0 unspecified atom stereocenters. The monoisotopic (exact) mass is 332 g/mol. The number of benzene rings is 2. The summed E-state index contributed by atoms with van der Waals surface area (Å²) in [6, 6.07) is 6.77. The molecule has 0 aliphatic carbocycles. The lowest BCUT2D eigenvalue weighted by Crippen LogP contribution is -1.99. The highest BCUT2D eigenvalue weighted by atomic mass is 79.9. The SMILES string of the molecule is Nc1cc(Cl)c(F)cc1Nc1cc(Br)ccc1F. The van der Waals surface area contributed by atoms with Gasteiger partial charge in [0.15, 0.2) is 0 Å². The molecule has 0 saturated heterocycles. The van der Waals surface area contributed by atoms with Crippen LogP contribution in [0.25, 0.3) is 0 Å². The summed E-state index contributed by atoms with van der Waals surface area (Å²) in [5.74, 6) is -1.09. The first-order valence-corrected chi connectivity index (χ1v) is 6.11. The van der Waals surface area contributed by atoms with Crippen LogP contribution in [0.2, 0.25) is 5.02 Å². The number of anilines is 3. The van der Waals surface area contributed by atoms with Crippen LogP contribution in [0.3, 0.4) is 0 Å². The summed E-state index contributed by atoms with van der Waals surface area (Å²) in [5.41, 5.74) is 6.37. The van der Waals surface area contributed by atoms with Gasteiger partial charge in [0.25, 0.3) is 0 Å². The normalized spacial score (nSPS) is 10.4. The fraction of sp³-hybridized carbons (Fsp3) is 0. The molecular weight excluding hydrogens is 325 g/mol. The first kappa shape index (κ1) is 13.1. The second kappa shape index (κ2) is 5.12. The molecule has 94 valence electrons. The summed E-state index contributed by atoms with van der Waals surface area (Å²) in [5, 5.41) is 2.64.